The Hall–Kier alpha value is -2.22. The summed E-state index contributed by atoms with van der Waals surface area (Å²) in [7, 11) is -4.00. The van der Waals surface area contributed by atoms with Crippen molar-refractivity contribution in [2.75, 3.05) is 22.7 Å². The van der Waals surface area contributed by atoms with E-state index in [2.05, 4.69) is 4.72 Å². The van der Waals surface area contributed by atoms with Crippen molar-refractivity contribution in [2.24, 2.45) is 0 Å². The second-order valence-electron chi connectivity index (χ2n) is 6.53. The summed E-state index contributed by atoms with van der Waals surface area (Å²) in [5, 5.41) is 0. The van der Waals surface area contributed by atoms with E-state index in [0.29, 0.717) is 18.8 Å². The number of halogens is 3. The molecule has 0 aliphatic carbocycles. The highest BCUT2D eigenvalue weighted by molar-refractivity contribution is 7.92. The zero-order valence-corrected chi connectivity index (χ0v) is 15.7. The molecule has 146 valence electrons. The fraction of sp³-hybridized carbons (Fsp3) is 0.368. The number of anilines is 2. The Labute approximate surface area is 157 Å². The smallest absolute Gasteiger partial charge is 0.370 e. The lowest BCUT2D eigenvalue weighted by atomic mass is 10.1. The average molecular weight is 398 g/mol. The predicted octanol–water partition coefficient (Wildman–Crippen LogP) is 4.67. The first-order chi connectivity index (χ1) is 12.7. The van der Waals surface area contributed by atoms with Crippen LogP contribution in [0.4, 0.5) is 24.5 Å². The van der Waals surface area contributed by atoms with E-state index in [0.717, 1.165) is 37.0 Å². The van der Waals surface area contributed by atoms with E-state index in [9.17, 15) is 21.6 Å². The Morgan fingerprint density at radius 1 is 1.04 bits per heavy atom. The number of aryl methyl sites for hydroxylation is 1. The number of hydrogen-bond acceptors (Lipinski definition) is 3. The van der Waals surface area contributed by atoms with Gasteiger partial charge in [-0.1, -0.05) is 19.1 Å². The van der Waals surface area contributed by atoms with Gasteiger partial charge in [-0.05, 0) is 55.2 Å². The largest absolute Gasteiger partial charge is 0.416 e. The molecule has 1 N–H and O–H groups in total. The predicted molar refractivity (Wildman–Crippen MR) is 99.5 cm³/mol. The number of rotatable bonds is 5. The first kappa shape index (κ1) is 19.5. The van der Waals surface area contributed by atoms with Gasteiger partial charge in [0.25, 0.3) is 10.0 Å². The number of benzene rings is 2. The van der Waals surface area contributed by atoms with Gasteiger partial charge in [-0.15, -0.1) is 0 Å². The van der Waals surface area contributed by atoms with Crippen molar-refractivity contribution >= 4 is 21.4 Å². The Morgan fingerprint density at radius 3 is 2.22 bits per heavy atom. The van der Waals surface area contributed by atoms with Crippen LogP contribution in [0.2, 0.25) is 0 Å². The number of nitrogens with zero attached hydrogens (tertiary/aromatic N) is 1. The zero-order valence-electron chi connectivity index (χ0n) is 14.9. The lowest BCUT2D eigenvalue weighted by Gasteiger charge is -2.23. The van der Waals surface area contributed by atoms with Crippen LogP contribution >= 0.6 is 0 Å². The van der Waals surface area contributed by atoms with Gasteiger partial charge < -0.3 is 4.90 Å². The number of nitrogens with one attached hydrogen (secondary N) is 1. The van der Waals surface area contributed by atoms with Gasteiger partial charge in [0.05, 0.1) is 21.8 Å². The van der Waals surface area contributed by atoms with Gasteiger partial charge in [0.2, 0.25) is 0 Å². The molecule has 0 atom stereocenters. The highest BCUT2D eigenvalue weighted by atomic mass is 32.2. The molecule has 0 unspecified atom stereocenters. The first-order valence-electron chi connectivity index (χ1n) is 8.78. The van der Waals surface area contributed by atoms with E-state index in [-0.39, 0.29) is 10.6 Å². The number of hydrogen-bond donors (Lipinski definition) is 1. The van der Waals surface area contributed by atoms with E-state index in [1.807, 2.05) is 11.8 Å². The molecule has 1 heterocycles. The number of sulfonamides is 1. The molecular formula is C19H21F3N2O2S. The van der Waals surface area contributed by atoms with E-state index in [1.54, 1.807) is 12.1 Å². The molecule has 1 aliphatic heterocycles. The van der Waals surface area contributed by atoms with Crippen LogP contribution in [0, 0.1) is 0 Å². The van der Waals surface area contributed by atoms with Gasteiger partial charge in [-0.3, -0.25) is 4.72 Å². The monoisotopic (exact) mass is 398 g/mol. The Balaban J connectivity index is 1.99. The molecule has 1 fully saturated rings. The highest BCUT2D eigenvalue weighted by Gasteiger charge is 2.32. The van der Waals surface area contributed by atoms with Crippen molar-refractivity contribution in [3.63, 3.8) is 0 Å². The fourth-order valence-corrected chi connectivity index (χ4v) is 4.20. The summed E-state index contributed by atoms with van der Waals surface area (Å²) in [6, 6.07) is 9.51. The summed E-state index contributed by atoms with van der Waals surface area (Å²) in [4.78, 5) is 1.92. The lowest BCUT2D eigenvalue weighted by molar-refractivity contribution is -0.137. The minimum Gasteiger partial charge on any atom is -0.370 e. The molecule has 0 amide bonds. The second-order valence-corrected chi connectivity index (χ2v) is 8.21. The van der Waals surface area contributed by atoms with E-state index in [4.69, 9.17) is 0 Å². The van der Waals surface area contributed by atoms with Crippen LogP contribution in [-0.2, 0) is 22.6 Å². The van der Waals surface area contributed by atoms with Crippen molar-refractivity contribution in [1.82, 2.24) is 0 Å². The Kier molecular flexibility index (Phi) is 5.37. The van der Waals surface area contributed by atoms with Crippen LogP contribution in [0.25, 0.3) is 0 Å². The molecule has 27 heavy (non-hydrogen) atoms. The van der Waals surface area contributed by atoms with Gasteiger partial charge in [0.1, 0.15) is 0 Å². The Bertz CT molecular complexity index is 904. The van der Waals surface area contributed by atoms with Crippen molar-refractivity contribution in [3.05, 3.63) is 53.6 Å². The molecule has 0 saturated carbocycles. The molecule has 0 spiro atoms. The first-order valence-corrected chi connectivity index (χ1v) is 10.3. The molecule has 2 aromatic rings. The van der Waals surface area contributed by atoms with Crippen LogP contribution in [0.3, 0.4) is 0 Å². The average Bonchev–Trinajstić information content (AvgIpc) is 3.15. The summed E-state index contributed by atoms with van der Waals surface area (Å²) in [6.07, 6.45) is -1.94. The van der Waals surface area contributed by atoms with Crippen molar-refractivity contribution in [3.8, 4) is 0 Å². The molecule has 0 bridgehead atoms. The molecular weight excluding hydrogens is 377 g/mol. The number of alkyl halides is 3. The highest BCUT2D eigenvalue weighted by Crippen LogP contribution is 2.37. The summed E-state index contributed by atoms with van der Waals surface area (Å²) >= 11 is 0. The third kappa shape index (κ3) is 4.37. The minimum absolute atomic E-state index is 0.0180. The molecule has 3 rings (SSSR count). The summed E-state index contributed by atoms with van der Waals surface area (Å²) in [5.41, 5.74) is 0.510. The normalized spacial score (nSPS) is 15.2. The topological polar surface area (TPSA) is 49.4 Å². The van der Waals surface area contributed by atoms with Crippen LogP contribution in [0.1, 0.15) is 30.9 Å². The molecule has 1 aliphatic rings. The van der Waals surface area contributed by atoms with E-state index in [1.165, 1.54) is 18.2 Å². The summed E-state index contributed by atoms with van der Waals surface area (Å²) in [5.74, 6) is 0. The van der Waals surface area contributed by atoms with Crippen molar-refractivity contribution < 1.29 is 21.6 Å². The molecule has 2 aromatic carbocycles. The molecule has 4 nitrogen and oxygen atoms in total. The SMILES string of the molecule is CCc1ccc(S(=O)(=O)Nc2cc(C(F)(F)F)ccc2N2CCCC2)cc1. The van der Waals surface area contributed by atoms with Crippen molar-refractivity contribution in [1.29, 1.82) is 0 Å². The molecule has 1 saturated heterocycles. The van der Waals surface area contributed by atoms with Crippen molar-refractivity contribution in [2.45, 2.75) is 37.3 Å². The van der Waals surface area contributed by atoms with Gasteiger partial charge in [0.15, 0.2) is 0 Å². The maximum atomic E-state index is 13.1. The fourth-order valence-electron chi connectivity index (χ4n) is 3.14. The maximum Gasteiger partial charge on any atom is 0.416 e. The summed E-state index contributed by atoms with van der Waals surface area (Å²) in [6.45, 7) is 3.32. The van der Waals surface area contributed by atoms with Gasteiger partial charge in [0, 0.05) is 13.1 Å². The molecule has 0 radical (unpaired) electrons. The van der Waals surface area contributed by atoms with Gasteiger partial charge >= 0.3 is 6.18 Å². The zero-order chi connectivity index (χ0) is 19.7. The third-order valence-corrected chi connectivity index (χ3v) is 6.04. The van der Waals surface area contributed by atoms with Crippen LogP contribution in [0.15, 0.2) is 47.4 Å². The summed E-state index contributed by atoms with van der Waals surface area (Å²) < 4.78 is 67.2. The van der Waals surface area contributed by atoms with Gasteiger partial charge in [-0.25, -0.2) is 8.42 Å². The minimum atomic E-state index is -4.55. The molecule has 8 heteroatoms. The van der Waals surface area contributed by atoms with Crippen LogP contribution in [-0.4, -0.2) is 21.5 Å². The Morgan fingerprint density at radius 2 is 1.67 bits per heavy atom. The van der Waals surface area contributed by atoms with Crippen LogP contribution < -0.4 is 9.62 Å². The van der Waals surface area contributed by atoms with Crippen LogP contribution in [0.5, 0.6) is 0 Å². The van der Waals surface area contributed by atoms with E-state index >= 15 is 0 Å². The standard InChI is InChI=1S/C19H21F3N2O2S/c1-2-14-5-8-16(9-6-14)27(25,26)23-17-13-15(19(20,21)22)7-10-18(17)24-11-3-4-12-24/h5-10,13,23H,2-4,11-12H2,1H3. The molecule has 0 aromatic heterocycles. The lowest BCUT2D eigenvalue weighted by Crippen LogP contribution is -2.22. The third-order valence-electron chi connectivity index (χ3n) is 4.66. The second kappa shape index (κ2) is 7.42. The van der Waals surface area contributed by atoms with Gasteiger partial charge in [-0.2, -0.15) is 13.2 Å². The maximum absolute atomic E-state index is 13.1. The quantitative estimate of drug-likeness (QED) is 0.796. The van der Waals surface area contributed by atoms with E-state index < -0.39 is 21.8 Å².